The quantitative estimate of drug-likeness (QED) is 0.869. The zero-order chi connectivity index (χ0) is 14.9. The Morgan fingerprint density at radius 3 is 3.10 bits per heavy atom. The summed E-state index contributed by atoms with van der Waals surface area (Å²) in [6.45, 7) is 1.71. The minimum atomic E-state index is -1.03. The molecule has 2 aliphatic rings. The van der Waals surface area contributed by atoms with Gasteiger partial charge in [-0.05, 0) is 31.9 Å². The van der Waals surface area contributed by atoms with Crippen molar-refractivity contribution in [3.05, 3.63) is 47.8 Å². The predicted molar refractivity (Wildman–Crippen MR) is 77.3 cm³/mol. The lowest BCUT2D eigenvalue weighted by Gasteiger charge is -2.22. The third kappa shape index (κ3) is 2.82. The van der Waals surface area contributed by atoms with Crippen molar-refractivity contribution in [3.8, 4) is 0 Å². The average Bonchev–Trinajstić information content (AvgIpc) is 3.09. The molecule has 21 heavy (non-hydrogen) atoms. The zero-order valence-electron chi connectivity index (χ0n) is 11.8. The predicted octanol–water partition coefficient (Wildman–Crippen LogP) is 2.54. The molecule has 0 spiro atoms. The number of amides is 1. The Balaban J connectivity index is 1.68. The number of oxime groups is 1. The fraction of sp³-hybridized carbons (Fsp3) is 0.375. The molecule has 1 amide bonds. The third-order valence-electron chi connectivity index (χ3n) is 3.83. The summed E-state index contributed by atoms with van der Waals surface area (Å²) in [5, 5.41) is 6.91. The van der Waals surface area contributed by atoms with Crippen LogP contribution in [0.4, 0.5) is 4.39 Å². The van der Waals surface area contributed by atoms with Crippen LogP contribution in [0.2, 0.25) is 0 Å². The van der Waals surface area contributed by atoms with Gasteiger partial charge >= 0.3 is 0 Å². The van der Waals surface area contributed by atoms with Crippen molar-refractivity contribution in [2.24, 2.45) is 5.16 Å². The first-order valence-corrected chi connectivity index (χ1v) is 7.05. The highest BCUT2D eigenvalue weighted by Crippen LogP contribution is 2.27. The molecule has 0 saturated heterocycles. The lowest BCUT2D eigenvalue weighted by molar-refractivity contribution is -0.142. The Morgan fingerprint density at radius 1 is 1.52 bits per heavy atom. The molecule has 2 atom stereocenters. The molecule has 1 aromatic rings. The number of benzene rings is 1. The van der Waals surface area contributed by atoms with Gasteiger partial charge in [-0.1, -0.05) is 29.4 Å². The van der Waals surface area contributed by atoms with Gasteiger partial charge in [-0.2, -0.15) is 0 Å². The minimum absolute atomic E-state index is 0.0659. The number of hydrogen-bond acceptors (Lipinski definition) is 3. The van der Waals surface area contributed by atoms with Crippen molar-refractivity contribution in [1.82, 2.24) is 5.32 Å². The van der Waals surface area contributed by atoms with Crippen LogP contribution in [0, 0.1) is 5.82 Å². The summed E-state index contributed by atoms with van der Waals surface area (Å²) in [7, 11) is 0. The largest absolute Gasteiger partial charge is 0.379 e. The zero-order valence-corrected chi connectivity index (χ0v) is 11.8. The van der Waals surface area contributed by atoms with Gasteiger partial charge in [0.1, 0.15) is 5.82 Å². The van der Waals surface area contributed by atoms with Crippen LogP contribution in [0.25, 0.3) is 0 Å². The van der Waals surface area contributed by atoms with E-state index in [4.69, 9.17) is 4.84 Å². The average molecular weight is 288 g/mol. The monoisotopic (exact) mass is 288 g/mol. The maximum atomic E-state index is 13.3. The van der Waals surface area contributed by atoms with Crippen LogP contribution in [0.1, 0.15) is 31.7 Å². The maximum absolute atomic E-state index is 13.3. The van der Waals surface area contributed by atoms with Crippen LogP contribution in [0.3, 0.4) is 0 Å². The second kappa shape index (κ2) is 5.31. The van der Waals surface area contributed by atoms with Crippen LogP contribution >= 0.6 is 0 Å². The number of hydrogen-bond donors (Lipinski definition) is 1. The number of nitrogens with one attached hydrogen (secondary N) is 1. The van der Waals surface area contributed by atoms with E-state index in [-0.39, 0.29) is 17.8 Å². The Kier molecular flexibility index (Phi) is 3.49. The normalized spacial score (nSPS) is 27.3. The first kappa shape index (κ1) is 13.8. The van der Waals surface area contributed by atoms with E-state index in [2.05, 4.69) is 16.5 Å². The molecule has 5 heteroatoms. The van der Waals surface area contributed by atoms with E-state index in [1.807, 2.05) is 6.08 Å². The van der Waals surface area contributed by atoms with Crippen molar-refractivity contribution in [2.45, 2.75) is 37.8 Å². The lowest BCUT2D eigenvalue weighted by Crippen LogP contribution is -2.47. The summed E-state index contributed by atoms with van der Waals surface area (Å²) in [4.78, 5) is 17.7. The van der Waals surface area contributed by atoms with Crippen molar-refractivity contribution < 1.29 is 14.0 Å². The van der Waals surface area contributed by atoms with Gasteiger partial charge in [-0.25, -0.2) is 4.39 Å². The summed E-state index contributed by atoms with van der Waals surface area (Å²) >= 11 is 0. The highest BCUT2D eigenvalue weighted by Gasteiger charge is 2.42. The first-order chi connectivity index (χ1) is 10.1. The van der Waals surface area contributed by atoms with Crippen molar-refractivity contribution in [3.63, 3.8) is 0 Å². The maximum Gasteiger partial charge on any atom is 0.267 e. The van der Waals surface area contributed by atoms with E-state index in [9.17, 15) is 9.18 Å². The van der Waals surface area contributed by atoms with Crippen LogP contribution < -0.4 is 5.32 Å². The molecule has 0 saturated carbocycles. The smallest absolute Gasteiger partial charge is 0.267 e. The molecule has 1 heterocycles. The lowest BCUT2D eigenvalue weighted by atomic mass is 9.94. The molecule has 0 bridgehead atoms. The summed E-state index contributed by atoms with van der Waals surface area (Å²) in [5.74, 6) is -0.515. The van der Waals surface area contributed by atoms with Crippen LogP contribution in [-0.4, -0.2) is 23.3 Å². The number of rotatable bonds is 3. The van der Waals surface area contributed by atoms with Gasteiger partial charge in [0, 0.05) is 18.0 Å². The number of allylic oxidation sites excluding steroid dienone is 1. The van der Waals surface area contributed by atoms with Crippen LogP contribution in [-0.2, 0) is 9.63 Å². The van der Waals surface area contributed by atoms with Gasteiger partial charge in [-0.3, -0.25) is 4.79 Å². The molecule has 3 rings (SSSR count). The van der Waals surface area contributed by atoms with Crippen molar-refractivity contribution in [2.75, 3.05) is 0 Å². The highest BCUT2D eigenvalue weighted by molar-refractivity contribution is 6.05. The van der Waals surface area contributed by atoms with E-state index < -0.39 is 5.60 Å². The fourth-order valence-corrected chi connectivity index (χ4v) is 2.56. The molecule has 0 radical (unpaired) electrons. The number of nitrogens with zero attached hydrogens (tertiary/aromatic N) is 1. The van der Waals surface area contributed by atoms with Gasteiger partial charge in [0.15, 0.2) is 0 Å². The van der Waals surface area contributed by atoms with Crippen LogP contribution in [0.5, 0.6) is 0 Å². The van der Waals surface area contributed by atoms with E-state index in [0.29, 0.717) is 17.7 Å². The number of halogens is 1. The van der Waals surface area contributed by atoms with Gasteiger partial charge in [0.05, 0.1) is 5.71 Å². The first-order valence-electron chi connectivity index (χ1n) is 7.05. The van der Waals surface area contributed by atoms with E-state index in [0.717, 1.165) is 12.8 Å². The Hall–Kier alpha value is -2.17. The van der Waals surface area contributed by atoms with Crippen molar-refractivity contribution in [1.29, 1.82) is 0 Å². The Labute approximate surface area is 122 Å². The Morgan fingerprint density at radius 2 is 2.38 bits per heavy atom. The van der Waals surface area contributed by atoms with E-state index in [1.54, 1.807) is 19.1 Å². The molecule has 0 aromatic heterocycles. The SMILES string of the molecule is CC1(C(=O)N[C@@H]2C=CCC2)CC(c2cccc(F)c2)=NO1. The second-order valence-corrected chi connectivity index (χ2v) is 5.63. The fourth-order valence-electron chi connectivity index (χ4n) is 2.56. The summed E-state index contributed by atoms with van der Waals surface area (Å²) in [6.07, 6.45) is 6.27. The summed E-state index contributed by atoms with van der Waals surface area (Å²) < 4.78 is 13.3. The van der Waals surface area contributed by atoms with Gasteiger partial charge < -0.3 is 10.2 Å². The molecule has 1 unspecified atom stereocenters. The molecule has 1 aliphatic carbocycles. The van der Waals surface area contributed by atoms with Crippen LogP contribution in [0.15, 0.2) is 41.6 Å². The molecule has 1 N–H and O–H groups in total. The van der Waals surface area contributed by atoms with Gasteiger partial charge in [0.25, 0.3) is 5.91 Å². The molecule has 0 fully saturated rings. The van der Waals surface area contributed by atoms with E-state index >= 15 is 0 Å². The van der Waals surface area contributed by atoms with Gasteiger partial charge in [0.2, 0.25) is 5.60 Å². The summed E-state index contributed by atoms with van der Waals surface area (Å²) in [5.41, 5.74) is 0.208. The topological polar surface area (TPSA) is 50.7 Å². The number of carbonyl (C=O) groups excluding carboxylic acids is 1. The molecule has 110 valence electrons. The van der Waals surface area contributed by atoms with Gasteiger partial charge in [-0.15, -0.1) is 0 Å². The summed E-state index contributed by atoms with van der Waals surface area (Å²) in [6, 6.07) is 6.21. The molecule has 4 nitrogen and oxygen atoms in total. The molecule has 1 aliphatic heterocycles. The molecular weight excluding hydrogens is 271 g/mol. The minimum Gasteiger partial charge on any atom is -0.379 e. The Bertz CT molecular complexity index is 626. The standard InChI is InChI=1S/C16H17FN2O2/c1-16(15(20)18-13-7-2-3-8-13)10-14(19-21-16)11-5-4-6-12(17)9-11/h2,4-7,9,13H,3,8,10H2,1H3,(H,18,20)/t13-,16?/m1/s1. The third-order valence-corrected chi connectivity index (χ3v) is 3.83. The molecular formula is C16H17FN2O2. The second-order valence-electron chi connectivity index (χ2n) is 5.63. The molecule has 1 aromatic carbocycles. The van der Waals surface area contributed by atoms with Crippen molar-refractivity contribution >= 4 is 11.6 Å². The number of carbonyl (C=O) groups is 1. The highest BCUT2D eigenvalue weighted by atomic mass is 19.1. The van der Waals surface area contributed by atoms with E-state index in [1.165, 1.54) is 12.1 Å².